The number of rotatable bonds is 4. The van der Waals surface area contributed by atoms with Crippen molar-refractivity contribution in [2.45, 2.75) is 12.5 Å². The van der Waals surface area contributed by atoms with Crippen LogP contribution in [-0.4, -0.2) is 26.6 Å². The molecule has 0 spiro atoms. The number of nitrogens with one attached hydrogen (secondary N) is 2. The lowest BCUT2D eigenvalue weighted by Gasteiger charge is -2.10. The van der Waals surface area contributed by atoms with Crippen LogP contribution in [0.15, 0.2) is 42.5 Å². The lowest BCUT2D eigenvalue weighted by molar-refractivity contribution is -0.123. The van der Waals surface area contributed by atoms with Gasteiger partial charge in [-0.05, 0) is 42.5 Å². The smallest absolute Gasteiger partial charge is 0.252 e. The Kier molecular flexibility index (Phi) is 4.97. The van der Waals surface area contributed by atoms with Crippen molar-refractivity contribution in [1.82, 2.24) is 14.8 Å². The van der Waals surface area contributed by atoms with Crippen molar-refractivity contribution in [1.29, 1.82) is 0 Å². The summed E-state index contributed by atoms with van der Waals surface area (Å²) in [6, 6.07) is 10.9. The number of carbonyl (C=O) groups is 2. The monoisotopic (exact) mass is 435 g/mol. The molecule has 0 saturated heterocycles. The van der Waals surface area contributed by atoms with Gasteiger partial charge in [0.05, 0.1) is 6.42 Å². The number of amides is 2. The van der Waals surface area contributed by atoms with Crippen molar-refractivity contribution >= 4 is 58.3 Å². The summed E-state index contributed by atoms with van der Waals surface area (Å²) in [4.78, 5) is 29.0. The molecular weight excluding hydrogens is 425 g/mol. The average Bonchev–Trinajstić information content (AvgIpc) is 3.13. The Balaban J connectivity index is 1.52. The molecule has 1 aliphatic rings. The molecule has 2 N–H and O–H groups in total. The standard InChI is InChI=1S/C18H12Cl3N5O2/c19-10-3-1-9(2-4-10)16-23-18-24-17(28)14(26(18)25-16)8-15(27)22-13-6-11(20)5-12(21)7-13/h1-7,14H,8H2,(H,22,27)(H,23,24,25,28)/t14-/m0/s1. The van der Waals surface area contributed by atoms with Crippen LogP contribution in [0.1, 0.15) is 12.5 Å². The van der Waals surface area contributed by atoms with Gasteiger partial charge >= 0.3 is 0 Å². The van der Waals surface area contributed by atoms with Crippen LogP contribution in [0.2, 0.25) is 15.1 Å². The van der Waals surface area contributed by atoms with Crippen LogP contribution < -0.4 is 10.6 Å². The Morgan fingerprint density at radius 2 is 1.75 bits per heavy atom. The van der Waals surface area contributed by atoms with E-state index >= 15 is 0 Å². The Labute approximate surface area is 174 Å². The van der Waals surface area contributed by atoms with E-state index < -0.39 is 6.04 Å². The van der Waals surface area contributed by atoms with Gasteiger partial charge in [-0.1, -0.05) is 34.8 Å². The molecular formula is C18H12Cl3N5O2. The first kappa shape index (κ1) is 18.7. The van der Waals surface area contributed by atoms with Crippen LogP contribution in [0.4, 0.5) is 11.6 Å². The van der Waals surface area contributed by atoms with Crippen molar-refractivity contribution in [3.05, 3.63) is 57.5 Å². The van der Waals surface area contributed by atoms with E-state index in [-0.39, 0.29) is 18.2 Å². The second-order valence-corrected chi connectivity index (χ2v) is 7.44. The number of fused-ring (bicyclic) bond motifs is 1. The number of nitrogens with zero attached hydrogens (tertiary/aromatic N) is 3. The molecule has 0 unspecified atom stereocenters. The van der Waals surface area contributed by atoms with E-state index in [1.165, 1.54) is 4.68 Å². The van der Waals surface area contributed by atoms with Gasteiger partial charge in [0.25, 0.3) is 5.91 Å². The number of benzene rings is 2. The lowest BCUT2D eigenvalue weighted by atomic mass is 10.2. The highest BCUT2D eigenvalue weighted by Crippen LogP contribution is 2.29. The fourth-order valence-corrected chi connectivity index (χ4v) is 3.50. The molecule has 28 heavy (non-hydrogen) atoms. The van der Waals surface area contributed by atoms with Crippen LogP contribution in [-0.2, 0) is 9.59 Å². The molecule has 1 aromatic heterocycles. The maximum absolute atomic E-state index is 12.4. The minimum atomic E-state index is -0.807. The Morgan fingerprint density at radius 1 is 1.07 bits per heavy atom. The number of carbonyl (C=O) groups excluding carboxylic acids is 2. The van der Waals surface area contributed by atoms with Gasteiger partial charge in [0.15, 0.2) is 5.82 Å². The first-order chi connectivity index (χ1) is 13.4. The number of halogens is 3. The molecule has 4 rings (SSSR count). The molecule has 2 amide bonds. The summed E-state index contributed by atoms with van der Waals surface area (Å²) < 4.78 is 1.41. The number of anilines is 2. The number of hydrogen-bond donors (Lipinski definition) is 2. The summed E-state index contributed by atoms with van der Waals surface area (Å²) in [5.41, 5.74) is 1.19. The molecule has 0 saturated carbocycles. The van der Waals surface area contributed by atoms with Crippen LogP contribution >= 0.6 is 34.8 Å². The van der Waals surface area contributed by atoms with Crippen molar-refractivity contribution in [2.75, 3.05) is 10.6 Å². The van der Waals surface area contributed by atoms with E-state index in [2.05, 4.69) is 20.7 Å². The van der Waals surface area contributed by atoms with Crippen LogP contribution in [0.3, 0.4) is 0 Å². The van der Waals surface area contributed by atoms with E-state index in [0.717, 1.165) is 5.56 Å². The molecule has 142 valence electrons. The second-order valence-electron chi connectivity index (χ2n) is 6.13. The van der Waals surface area contributed by atoms with Crippen molar-refractivity contribution in [3.8, 4) is 11.4 Å². The first-order valence-electron chi connectivity index (χ1n) is 8.18. The zero-order valence-electron chi connectivity index (χ0n) is 14.1. The Morgan fingerprint density at radius 3 is 2.43 bits per heavy atom. The summed E-state index contributed by atoms with van der Waals surface area (Å²) in [7, 11) is 0. The van der Waals surface area contributed by atoms with Gasteiger partial charge in [0, 0.05) is 26.3 Å². The molecule has 10 heteroatoms. The maximum atomic E-state index is 12.4. The predicted molar refractivity (Wildman–Crippen MR) is 108 cm³/mol. The van der Waals surface area contributed by atoms with Gasteiger partial charge in [0.2, 0.25) is 11.9 Å². The highest BCUT2D eigenvalue weighted by molar-refractivity contribution is 6.35. The van der Waals surface area contributed by atoms with Gasteiger partial charge in [-0.25, -0.2) is 4.68 Å². The summed E-state index contributed by atoms with van der Waals surface area (Å²) >= 11 is 17.8. The van der Waals surface area contributed by atoms with E-state index in [0.29, 0.717) is 32.5 Å². The summed E-state index contributed by atoms with van der Waals surface area (Å²) in [6.45, 7) is 0. The lowest BCUT2D eigenvalue weighted by Crippen LogP contribution is -2.23. The largest absolute Gasteiger partial charge is 0.326 e. The average molecular weight is 437 g/mol. The third kappa shape index (κ3) is 3.82. The molecule has 2 heterocycles. The van der Waals surface area contributed by atoms with Crippen LogP contribution in [0, 0.1) is 0 Å². The summed E-state index contributed by atoms with van der Waals surface area (Å²) in [5.74, 6) is -0.0101. The minimum absolute atomic E-state index is 0.119. The normalized spacial score (nSPS) is 15.2. The van der Waals surface area contributed by atoms with E-state index in [4.69, 9.17) is 34.8 Å². The van der Waals surface area contributed by atoms with E-state index in [1.807, 2.05) is 0 Å². The highest BCUT2D eigenvalue weighted by atomic mass is 35.5. The predicted octanol–water partition coefficient (Wildman–Crippen LogP) is 4.43. The second kappa shape index (κ2) is 7.43. The molecule has 2 aromatic carbocycles. The molecule has 1 atom stereocenters. The summed E-state index contributed by atoms with van der Waals surface area (Å²) in [5, 5.41) is 11.1. The SMILES string of the molecule is O=C(C[C@H]1C(=O)Nc2nc(-c3ccc(Cl)cc3)nn21)Nc1cc(Cl)cc(Cl)c1. The van der Waals surface area contributed by atoms with Crippen molar-refractivity contribution in [2.24, 2.45) is 0 Å². The first-order valence-corrected chi connectivity index (χ1v) is 9.32. The molecule has 0 aliphatic carbocycles. The van der Waals surface area contributed by atoms with E-state index in [9.17, 15) is 9.59 Å². The van der Waals surface area contributed by atoms with Crippen LogP contribution in [0.25, 0.3) is 11.4 Å². The minimum Gasteiger partial charge on any atom is -0.326 e. The number of aromatic nitrogens is 3. The van der Waals surface area contributed by atoms with Crippen molar-refractivity contribution in [3.63, 3.8) is 0 Å². The quantitative estimate of drug-likeness (QED) is 0.633. The van der Waals surface area contributed by atoms with E-state index in [1.54, 1.807) is 42.5 Å². The molecule has 0 bridgehead atoms. The Hall–Kier alpha value is -2.61. The third-order valence-corrected chi connectivity index (χ3v) is 4.78. The Bertz CT molecular complexity index is 1060. The molecule has 7 nitrogen and oxygen atoms in total. The number of hydrogen-bond acceptors (Lipinski definition) is 4. The molecule has 1 aliphatic heterocycles. The van der Waals surface area contributed by atoms with Gasteiger partial charge in [-0.15, -0.1) is 5.10 Å². The van der Waals surface area contributed by atoms with Gasteiger partial charge in [-0.2, -0.15) is 4.98 Å². The topological polar surface area (TPSA) is 88.9 Å². The fourth-order valence-electron chi connectivity index (χ4n) is 2.84. The van der Waals surface area contributed by atoms with Crippen molar-refractivity contribution < 1.29 is 9.59 Å². The third-order valence-electron chi connectivity index (χ3n) is 4.09. The molecule has 0 radical (unpaired) electrons. The molecule has 0 fully saturated rings. The highest BCUT2D eigenvalue weighted by Gasteiger charge is 2.35. The van der Waals surface area contributed by atoms with Gasteiger partial charge in [-0.3, -0.25) is 14.9 Å². The van der Waals surface area contributed by atoms with Gasteiger partial charge in [0.1, 0.15) is 6.04 Å². The zero-order valence-corrected chi connectivity index (χ0v) is 16.4. The van der Waals surface area contributed by atoms with Crippen LogP contribution in [0.5, 0.6) is 0 Å². The molecule has 3 aromatic rings. The maximum Gasteiger partial charge on any atom is 0.252 e. The summed E-state index contributed by atoms with van der Waals surface area (Å²) in [6.07, 6.45) is -0.119. The van der Waals surface area contributed by atoms with Gasteiger partial charge < -0.3 is 5.32 Å². The fraction of sp³-hybridized carbons (Fsp3) is 0.111. The zero-order chi connectivity index (χ0) is 19.8.